The summed E-state index contributed by atoms with van der Waals surface area (Å²) in [5.41, 5.74) is 4.49. The zero-order valence-corrected chi connectivity index (χ0v) is 10.9. The van der Waals surface area contributed by atoms with Crippen LogP contribution in [0.2, 0.25) is 5.02 Å². The number of carbonyl (C=O) groups is 2. The zero-order chi connectivity index (χ0) is 14.6. The van der Waals surface area contributed by atoms with Crippen LogP contribution in [0, 0.1) is 0 Å². The number of benzene rings is 1. The van der Waals surface area contributed by atoms with Gasteiger partial charge in [0, 0.05) is 0 Å². The molecule has 104 valence electrons. The van der Waals surface area contributed by atoms with Crippen LogP contribution in [0.25, 0.3) is 0 Å². The molecule has 1 aromatic rings. The van der Waals surface area contributed by atoms with Crippen molar-refractivity contribution in [2.24, 2.45) is 5.73 Å². The van der Waals surface area contributed by atoms with Crippen molar-refractivity contribution in [1.82, 2.24) is 4.89 Å². The molecule has 0 heterocycles. The Labute approximate surface area is 113 Å². The van der Waals surface area contributed by atoms with Gasteiger partial charge in [-0.3, -0.25) is 9.63 Å². The molecule has 0 saturated carbocycles. The smallest absolute Gasteiger partial charge is 0.335 e. The topological polar surface area (TPSA) is 136 Å². The van der Waals surface area contributed by atoms with E-state index in [0.717, 1.165) is 18.2 Å². The lowest BCUT2D eigenvalue weighted by Gasteiger charge is -2.08. The number of nitrogens with two attached hydrogens (primary N) is 1. The fourth-order valence-electron chi connectivity index (χ4n) is 1.07. The number of hydrogen-bond acceptors (Lipinski definition) is 5. The number of aromatic carboxylic acids is 1. The molecule has 0 spiro atoms. The van der Waals surface area contributed by atoms with E-state index in [-0.39, 0.29) is 10.6 Å². The second-order valence-corrected chi connectivity index (χ2v) is 5.31. The Hall–Kier alpha value is -1.68. The van der Waals surface area contributed by atoms with Crippen LogP contribution >= 0.6 is 11.6 Å². The van der Waals surface area contributed by atoms with E-state index in [2.05, 4.69) is 4.84 Å². The molecule has 1 amide bonds. The quantitative estimate of drug-likeness (QED) is 0.619. The number of carboxylic acids is 1. The third kappa shape index (κ3) is 4.17. The van der Waals surface area contributed by atoms with Gasteiger partial charge < -0.3 is 10.8 Å². The minimum atomic E-state index is -4.22. The molecule has 0 unspecified atom stereocenters. The van der Waals surface area contributed by atoms with Gasteiger partial charge in [-0.25, -0.2) is 13.2 Å². The minimum Gasteiger partial charge on any atom is -0.478 e. The maximum absolute atomic E-state index is 11.7. The number of rotatable bonds is 6. The fourth-order valence-corrected chi connectivity index (χ4v) is 2.40. The summed E-state index contributed by atoms with van der Waals surface area (Å²) in [7, 11) is -4.22. The maximum Gasteiger partial charge on any atom is 0.335 e. The lowest BCUT2D eigenvalue weighted by Crippen LogP contribution is -2.29. The van der Waals surface area contributed by atoms with E-state index in [1.54, 1.807) is 4.89 Å². The van der Waals surface area contributed by atoms with E-state index in [0.29, 0.717) is 0 Å². The molecule has 10 heteroatoms. The predicted molar refractivity (Wildman–Crippen MR) is 63.9 cm³/mol. The second kappa shape index (κ2) is 5.97. The average molecular weight is 309 g/mol. The van der Waals surface area contributed by atoms with Gasteiger partial charge in [0.2, 0.25) is 5.91 Å². The minimum absolute atomic E-state index is 0.194. The molecule has 0 aliphatic carbocycles. The van der Waals surface area contributed by atoms with Crippen LogP contribution in [-0.4, -0.2) is 32.0 Å². The first-order valence-corrected chi connectivity index (χ1v) is 6.55. The molecule has 0 atom stereocenters. The van der Waals surface area contributed by atoms with E-state index in [1.807, 2.05) is 0 Å². The molecule has 1 rings (SSSR count). The Balaban J connectivity index is 3.03. The molecule has 0 aliphatic heterocycles. The molecule has 1 aromatic carbocycles. The van der Waals surface area contributed by atoms with Crippen molar-refractivity contribution in [3.8, 4) is 0 Å². The highest BCUT2D eigenvalue weighted by Crippen LogP contribution is 2.22. The highest BCUT2D eigenvalue weighted by atomic mass is 35.5. The molecular formula is C9H9ClN2O6S. The van der Waals surface area contributed by atoms with E-state index >= 15 is 0 Å². The number of hydrogen-bond donors (Lipinski definition) is 3. The third-order valence-corrected chi connectivity index (χ3v) is 3.55. The summed E-state index contributed by atoms with van der Waals surface area (Å²) in [4.78, 5) is 26.6. The van der Waals surface area contributed by atoms with E-state index < -0.39 is 33.4 Å². The van der Waals surface area contributed by atoms with Gasteiger partial charge in [0.15, 0.2) is 0 Å². The van der Waals surface area contributed by atoms with Crippen molar-refractivity contribution in [2.45, 2.75) is 4.90 Å². The summed E-state index contributed by atoms with van der Waals surface area (Å²) in [6.07, 6.45) is 0. The highest BCUT2D eigenvalue weighted by Gasteiger charge is 2.20. The molecular weight excluding hydrogens is 300 g/mol. The number of halogens is 1. The standard InChI is InChI=1S/C9H9ClN2O6S/c10-6-2-1-5(9(14)15)3-7(6)19(16,17)12-18-4-8(11)13/h1-3,12H,4H2,(H2,11,13)(H,14,15). The average Bonchev–Trinajstić information content (AvgIpc) is 2.28. The van der Waals surface area contributed by atoms with Crippen LogP contribution < -0.4 is 10.6 Å². The monoisotopic (exact) mass is 308 g/mol. The molecule has 0 radical (unpaired) electrons. The molecule has 0 aliphatic rings. The number of carboxylic acid groups (broad SMARTS) is 1. The van der Waals surface area contributed by atoms with Gasteiger partial charge in [0.1, 0.15) is 11.5 Å². The third-order valence-electron chi connectivity index (χ3n) is 1.85. The molecule has 8 nitrogen and oxygen atoms in total. The summed E-state index contributed by atoms with van der Waals surface area (Å²) >= 11 is 5.67. The fraction of sp³-hybridized carbons (Fsp3) is 0.111. The summed E-state index contributed by atoms with van der Waals surface area (Å²) in [5, 5.41) is 8.57. The van der Waals surface area contributed by atoms with Crippen molar-refractivity contribution < 1.29 is 28.0 Å². The molecule has 0 fully saturated rings. The van der Waals surface area contributed by atoms with Crippen molar-refractivity contribution in [3.05, 3.63) is 28.8 Å². The van der Waals surface area contributed by atoms with Gasteiger partial charge in [-0.05, 0) is 18.2 Å². The Kier molecular flexibility index (Phi) is 4.84. The summed E-state index contributed by atoms with van der Waals surface area (Å²) < 4.78 is 23.5. The summed E-state index contributed by atoms with van der Waals surface area (Å²) in [6.45, 7) is -0.671. The summed E-state index contributed by atoms with van der Waals surface area (Å²) in [6, 6.07) is 3.13. The normalized spacial score (nSPS) is 11.2. The Morgan fingerprint density at radius 3 is 2.58 bits per heavy atom. The highest BCUT2D eigenvalue weighted by molar-refractivity contribution is 7.89. The van der Waals surface area contributed by atoms with Crippen molar-refractivity contribution >= 4 is 33.5 Å². The number of amides is 1. The summed E-state index contributed by atoms with van der Waals surface area (Å²) in [5.74, 6) is -2.20. The predicted octanol–water partition coefficient (Wildman–Crippen LogP) is -0.267. The van der Waals surface area contributed by atoms with Gasteiger partial charge in [0.05, 0.1) is 10.6 Å². The Bertz CT molecular complexity index is 615. The SMILES string of the molecule is NC(=O)CONS(=O)(=O)c1cc(C(=O)O)ccc1Cl. The van der Waals surface area contributed by atoms with E-state index in [1.165, 1.54) is 0 Å². The Morgan fingerprint density at radius 1 is 1.42 bits per heavy atom. The molecule has 0 saturated heterocycles. The number of carbonyl (C=O) groups excluding carboxylic acids is 1. The van der Waals surface area contributed by atoms with E-state index in [4.69, 9.17) is 22.4 Å². The van der Waals surface area contributed by atoms with Gasteiger partial charge in [-0.1, -0.05) is 16.5 Å². The number of nitrogens with one attached hydrogen (secondary N) is 1. The molecule has 0 bridgehead atoms. The van der Waals surface area contributed by atoms with E-state index in [9.17, 15) is 18.0 Å². The lowest BCUT2D eigenvalue weighted by molar-refractivity contribution is -0.123. The number of sulfonamides is 1. The van der Waals surface area contributed by atoms with Gasteiger partial charge >= 0.3 is 5.97 Å². The van der Waals surface area contributed by atoms with Crippen LogP contribution in [0.4, 0.5) is 0 Å². The van der Waals surface area contributed by atoms with Crippen LogP contribution in [0.3, 0.4) is 0 Å². The van der Waals surface area contributed by atoms with Crippen molar-refractivity contribution in [3.63, 3.8) is 0 Å². The van der Waals surface area contributed by atoms with Crippen LogP contribution in [0.15, 0.2) is 23.1 Å². The van der Waals surface area contributed by atoms with Crippen molar-refractivity contribution in [1.29, 1.82) is 0 Å². The Morgan fingerprint density at radius 2 is 2.05 bits per heavy atom. The maximum atomic E-state index is 11.7. The van der Waals surface area contributed by atoms with Crippen LogP contribution in [0.5, 0.6) is 0 Å². The van der Waals surface area contributed by atoms with Gasteiger partial charge in [-0.15, -0.1) is 0 Å². The van der Waals surface area contributed by atoms with Crippen LogP contribution in [-0.2, 0) is 19.7 Å². The number of primary amides is 1. The van der Waals surface area contributed by atoms with Gasteiger partial charge in [-0.2, -0.15) is 0 Å². The molecule has 0 aromatic heterocycles. The van der Waals surface area contributed by atoms with Gasteiger partial charge in [0.25, 0.3) is 10.0 Å². The zero-order valence-electron chi connectivity index (χ0n) is 9.29. The first kappa shape index (κ1) is 15.4. The first-order valence-electron chi connectivity index (χ1n) is 4.69. The first-order chi connectivity index (χ1) is 8.74. The lowest BCUT2D eigenvalue weighted by atomic mass is 10.2. The second-order valence-electron chi connectivity index (χ2n) is 3.29. The molecule has 4 N–H and O–H groups in total. The van der Waals surface area contributed by atoms with Crippen molar-refractivity contribution in [2.75, 3.05) is 6.61 Å². The molecule has 19 heavy (non-hydrogen) atoms. The van der Waals surface area contributed by atoms with Crippen LogP contribution in [0.1, 0.15) is 10.4 Å². The largest absolute Gasteiger partial charge is 0.478 e.